The van der Waals surface area contributed by atoms with Gasteiger partial charge >= 0.3 is 12.1 Å². The second-order valence-corrected chi connectivity index (χ2v) is 8.76. The van der Waals surface area contributed by atoms with Gasteiger partial charge in [0.05, 0.1) is 5.41 Å². The van der Waals surface area contributed by atoms with Crippen molar-refractivity contribution < 1.29 is 19.1 Å². The third-order valence-electron chi connectivity index (χ3n) is 6.19. The van der Waals surface area contributed by atoms with E-state index in [1.54, 1.807) is 18.0 Å². The van der Waals surface area contributed by atoms with Gasteiger partial charge in [0.2, 0.25) is 5.91 Å². The van der Waals surface area contributed by atoms with Crippen LogP contribution >= 0.6 is 11.6 Å². The molecule has 0 aromatic heterocycles. The fourth-order valence-electron chi connectivity index (χ4n) is 3.92. The fraction of sp³-hybridized carbons (Fsp3) is 0.400. The number of hydrogen-bond acceptors (Lipinski definition) is 4. The molecule has 1 aliphatic heterocycles. The van der Waals surface area contributed by atoms with E-state index in [0.29, 0.717) is 36.6 Å². The number of piperidine rings is 1. The van der Waals surface area contributed by atoms with Gasteiger partial charge in [0.15, 0.2) is 0 Å². The zero-order valence-corrected chi connectivity index (χ0v) is 20.3. The summed E-state index contributed by atoms with van der Waals surface area (Å²) in [4.78, 5) is 39.4. The minimum absolute atomic E-state index is 0.0954. The van der Waals surface area contributed by atoms with Crippen molar-refractivity contribution in [3.8, 4) is 0 Å². The molecule has 0 atom stereocenters. The Morgan fingerprint density at radius 1 is 1.06 bits per heavy atom. The first-order valence-electron chi connectivity index (χ1n) is 11.4. The van der Waals surface area contributed by atoms with E-state index in [-0.39, 0.29) is 25.1 Å². The molecule has 0 spiro atoms. The third-order valence-corrected chi connectivity index (χ3v) is 6.56. The predicted molar refractivity (Wildman–Crippen MR) is 132 cm³/mol. The Labute approximate surface area is 205 Å². The first kappa shape index (κ1) is 25.4. The lowest BCUT2D eigenvalue weighted by Gasteiger charge is -2.39. The Kier molecular flexibility index (Phi) is 8.76. The van der Waals surface area contributed by atoms with E-state index >= 15 is 0 Å². The van der Waals surface area contributed by atoms with E-state index in [9.17, 15) is 14.4 Å². The summed E-state index contributed by atoms with van der Waals surface area (Å²) in [5, 5.41) is 8.82. The Balaban J connectivity index is 1.66. The van der Waals surface area contributed by atoms with Crippen molar-refractivity contribution in [2.75, 3.05) is 32.1 Å². The number of nitrogens with one attached hydrogen (secondary N) is 3. The van der Waals surface area contributed by atoms with E-state index in [4.69, 9.17) is 16.3 Å². The molecule has 4 amide bonds. The molecule has 0 saturated carbocycles. The number of ether oxygens (including phenoxy) is 1. The molecule has 1 aliphatic rings. The number of anilines is 1. The lowest BCUT2D eigenvalue weighted by Crippen LogP contribution is -2.53. The van der Waals surface area contributed by atoms with E-state index < -0.39 is 11.5 Å². The summed E-state index contributed by atoms with van der Waals surface area (Å²) in [6.45, 7) is 2.98. The van der Waals surface area contributed by atoms with Gasteiger partial charge in [-0.15, -0.1) is 0 Å². The number of urea groups is 1. The topological polar surface area (TPSA) is 99.8 Å². The normalized spacial score (nSPS) is 14.7. The Hall–Kier alpha value is -3.26. The lowest BCUT2D eigenvalue weighted by molar-refractivity contribution is -0.136. The van der Waals surface area contributed by atoms with Crippen molar-refractivity contribution >= 4 is 35.3 Å². The molecule has 34 heavy (non-hydrogen) atoms. The van der Waals surface area contributed by atoms with Crippen LogP contribution in [0.1, 0.15) is 30.9 Å². The number of carbonyl (C=O) groups excluding carboxylic acids is 3. The van der Waals surface area contributed by atoms with Crippen LogP contribution in [-0.2, 0) is 22.5 Å². The number of likely N-dealkylation sites (tertiary alicyclic amines) is 1. The predicted octanol–water partition coefficient (Wildman–Crippen LogP) is 4.19. The van der Waals surface area contributed by atoms with E-state index in [2.05, 4.69) is 22.9 Å². The Bertz CT molecular complexity index is 1000. The molecule has 0 bridgehead atoms. The van der Waals surface area contributed by atoms with Gasteiger partial charge in [0, 0.05) is 37.4 Å². The summed E-state index contributed by atoms with van der Waals surface area (Å²) < 4.78 is 5.51. The minimum Gasteiger partial charge on any atom is -0.448 e. The van der Waals surface area contributed by atoms with Gasteiger partial charge in [-0.1, -0.05) is 48.9 Å². The maximum absolute atomic E-state index is 13.3. The molecule has 9 heteroatoms. The molecule has 8 nitrogen and oxygen atoms in total. The van der Waals surface area contributed by atoms with Crippen LogP contribution in [0.4, 0.5) is 15.3 Å². The number of amides is 4. The first-order valence-corrected chi connectivity index (χ1v) is 11.8. The van der Waals surface area contributed by atoms with Crippen molar-refractivity contribution in [2.45, 2.75) is 32.7 Å². The second kappa shape index (κ2) is 11.7. The van der Waals surface area contributed by atoms with Gasteiger partial charge in [-0.25, -0.2) is 9.59 Å². The van der Waals surface area contributed by atoms with Crippen LogP contribution in [0.5, 0.6) is 0 Å². The van der Waals surface area contributed by atoms with Crippen LogP contribution in [-0.4, -0.2) is 49.7 Å². The summed E-state index contributed by atoms with van der Waals surface area (Å²) in [5.74, 6) is -0.232. The van der Waals surface area contributed by atoms with Gasteiger partial charge in [-0.05, 0) is 48.6 Å². The Morgan fingerprint density at radius 3 is 2.35 bits per heavy atom. The molecule has 2 aromatic carbocycles. The molecule has 0 radical (unpaired) electrons. The first-order chi connectivity index (χ1) is 16.4. The van der Waals surface area contributed by atoms with E-state index in [1.807, 2.05) is 42.5 Å². The van der Waals surface area contributed by atoms with Crippen molar-refractivity contribution in [3.63, 3.8) is 0 Å². The number of nitrogens with zero attached hydrogens (tertiary/aromatic N) is 1. The molecule has 0 unspecified atom stereocenters. The van der Waals surface area contributed by atoms with Crippen LogP contribution in [0.25, 0.3) is 0 Å². The number of hydrogen-bond donors (Lipinski definition) is 3. The summed E-state index contributed by atoms with van der Waals surface area (Å²) >= 11 is 6.22. The molecule has 182 valence electrons. The number of halogens is 1. The zero-order valence-electron chi connectivity index (χ0n) is 19.5. The molecule has 3 N–H and O–H groups in total. The molecular formula is C25H31ClN4O4. The highest BCUT2D eigenvalue weighted by atomic mass is 35.5. The van der Waals surface area contributed by atoms with Crippen LogP contribution in [0.15, 0.2) is 48.5 Å². The van der Waals surface area contributed by atoms with Crippen molar-refractivity contribution in [1.29, 1.82) is 0 Å². The standard InChI is InChI=1S/C25H31ClN4O4/c1-3-18-8-10-20(11-9-18)29-24(33)34-17-25(12-14-30(15-13-25)23(32)27-2)22(31)28-16-19-6-4-5-7-21(19)26/h4-11H,3,12-17H2,1-2H3,(H,27,32)(H,28,31)(H,29,33). The largest absolute Gasteiger partial charge is 0.448 e. The van der Waals surface area contributed by atoms with Crippen LogP contribution < -0.4 is 16.0 Å². The van der Waals surface area contributed by atoms with Crippen molar-refractivity contribution in [1.82, 2.24) is 15.5 Å². The van der Waals surface area contributed by atoms with Gasteiger partial charge in [-0.2, -0.15) is 0 Å². The molecule has 1 heterocycles. The van der Waals surface area contributed by atoms with Gasteiger partial charge < -0.3 is 20.3 Å². The highest BCUT2D eigenvalue weighted by Crippen LogP contribution is 2.33. The third kappa shape index (κ3) is 6.41. The molecule has 1 saturated heterocycles. The average molecular weight is 487 g/mol. The Morgan fingerprint density at radius 2 is 1.74 bits per heavy atom. The molecule has 1 fully saturated rings. The fourth-order valence-corrected chi connectivity index (χ4v) is 4.12. The monoisotopic (exact) mass is 486 g/mol. The second-order valence-electron chi connectivity index (χ2n) is 8.35. The summed E-state index contributed by atoms with van der Waals surface area (Å²) in [6, 6.07) is 14.6. The van der Waals surface area contributed by atoms with Crippen molar-refractivity contribution in [2.24, 2.45) is 5.41 Å². The van der Waals surface area contributed by atoms with Crippen LogP contribution in [0, 0.1) is 5.41 Å². The average Bonchev–Trinajstić information content (AvgIpc) is 2.87. The number of carbonyl (C=O) groups is 3. The van der Waals surface area contributed by atoms with Crippen molar-refractivity contribution in [3.05, 3.63) is 64.7 Å². The van der Waals surface area contributed by atoms with E-state index in [0.717, 1.165) is 17.5 Å². The van der Waals surface area contributed by atoms with Crippen LogP contribution in [0.3, 0.4) is 0 Å². The maximum atomic E-state index is 13.3. The van der Waals surface area contributed by atoms with Crippen LogP contribution in [0.2, 0.25) is 5.02 Å². The van der Waals surface area contributed by atoms with Gasteiger partial charge in [0.1, 0.15) is 6.61 Å². The van der Waals surface area contributed by atoms with Gasteiger partial charge in [-0.3, -0.25) is 10.1 Å². The SMILES string of the molecule is CCc1ccc(NC(=O)OCC2(C(=O)NCc3ccccc3Cl)CCN(C(=O)NC)CC2)cc1. The van der Waals surface area contributed by atoms with Gasteiger partial charge in [0.25, 0.3) is 0 Å². The summed E-state index contributed by atoms with van der Waals surface area (Å²) in [5.41, 5.74) is 1.63. The maximum Gasteiger partial charge on any atom is 0.411 e. The molecule has 2 aromatic rings. The zero-order chi connectivity index (χ0) is 24.6. The number of aryl methyl sites for hydroxylation is 1. The molecule has 3 rings (SSSR count). The smallest absolute Gasteiger partial charge is 0.411 e. The summed E-state index contributed by atoms with van der Waals surface area (Å²) in [7, 11) is 1.57. The number of rotatable bonds is 7. The van der Waals surface area contributed by atoms with E-state index in [1.165, 1.54) is 0 Å². The molecular weight excluding hydrogens is 456 g/mol. The molecule has 0 aliphatic carbocycles. The highest BCUT2D eigenvalue weighted by molar-refractivity contribution is 6.31. The minimum atomic E-state index is -0.949. The lowest BCUT2D eigenvalue weighted by atomic mass is 9.78. The quantitative estimate of drug-likeness (QED) is 0.546. The summed E-state index contributed by atoms with van der Waals surface area (Å²) in [6.07, 6.45) is 1.01. The number of benzene rings is 2. The highest BCUT2D eigenvalue weighted by Gasteiger charge is 2.43.